The van der Waals surface area contributed by atoms with Crippen LogP contribution in [0.1, 0.15) is 24.7 Å². The lowest BCUT2D eigenvalue weighted by atomic mass is 10.2. The minimum absolute atomic E-state index is 0.0502. The SMILES string of the molecule is C[C@H](Oc1cc(-n2nc3n(c2=O)CCCOC3)c(F)cc1C#N)C(F)(F)F. The van der Waals surface area contributed by atoms with Crippen molar-refractivity contribution in [1.82, 2.24) is 14.3 Å². The molecule has 27 heavy (non-hydrogen) atoms. The number of fused-ring (bicyclic) bond motifs is 1. The number of alkyl halides is 3. The summed E-state index contributed by atoms with van der Waals surface area (Å²) in [6.45, 7) is 1.57. The molecule has 7 nitrogen and oxygen atoms in total. The van der Waals surface area contributed by atoms with Crippen molar-refractivity contribution in [3.8, 4) is 17.5 Å². The Bertz CT molecular complexity index is 958. The molecule has 0 saturated heterocycles. The van der Waals surface area contributed by atoms with E-state index in [1.54, 1.807) is 6.07 Å². The molecular formula is C16H14F4N4O3. The third-order valence-corrected chi connectivity index (χ3v) is 4.00. The second-order valence-electron chi connectivity index (χ2n) is 5.88. The highest BCUT2D eigenvalue weighted by Gasteiger charge is 2.38. The molecule has 0 fully saturated rings. The number of benzene rings is 1. The molecule has 144 valence electrons. The van der Waals surface area contributed by atoms with Crippen LogP contribution >= 0.6 is 0 Å². The number of rotatable bonds is 3. The standard InChI is InChI=1S/C16H14F4N4O3/c1-9(16(18,19)20)27-13-6-12(11(17)5-10(13)7-21)24-15(25)23-3-2-4-26-8-14(23)22-24/h5-6,9H,2-4,8H2,1H3/t9-/m0/s1. The van der Waals surface area contributed by atoms with E-state index in [4.69, 9.17) is 14.7 Å². The van der Waals surface area contributed by atoms with Gasteiger partial charge in [-0.1, -0.05) is 0 Å². The lowest BCUT2D eigenvalue weighted by Crippen LogP contribution is -2.31. The second kappa shape index (κ2) is 7.03. The number of hydrogen-bond donors (Lipinski definition) is 0. The highest BCUT2D eigenvalue weighted by atomic mass is 19.4. The Labute approximate surface area is 150 Å². The molecule has 0 saturated carbocycles. The monoisotopic (exact) mass is 386 g/mol. The van der Waals surface area contributed by atoms with E-state index in [1.807, 2.05) is 0 Å². The van der Waals surface area contributed by atoms with Crippen molar-refractivity contribution >= 4 is 0 Å². The zero-order valence-corrected chi connectivity index (χ0v) is 14.1. The lowest BCUT2D eigenvalue weighted by Gasteiger charge is -2.19. The average molecular weight is 386 g/mol. The van der Waals surface area contributed by atoms with Crippen molar-refractivity contribution in [2.45, 2.75) is 38.8 Å². The molecule has 2 aromatic rings. The molecule has 0 amide bonds. The summed E-state index contributed by atoms with van der Waals surface area (Å²) in [6, 6.07) is 3.15. The molecular weight excluding hydrogens is 372 g/mol. The Balaban J connectivity index is 2.08. The van der Waals surface area contributed by atoms with Crippen molar-refractivity contribution in [2.75, 3.05) is 6.61 Å². The predicted molar refractivity (Wildman–Crippen MR) is 82.9 cm³/mol. The number of hydrogen-bond acceptors (Lipinski definition) is 5. The molecule has 1 aliphatic rings. The molecule has 1 aliphatic heterocycles. The smallest absolute Gasteiger partial charge is 0.425 e. The summed E-state index contributed by atoms with van der Waals surface area (Å²) in [5, 5.41) is 13.1. The molecule has 0 spiro atoms. The second-order valence-corrected chi connectivity index (χ2v) is 5.88. The van der Waals surface area contributed by atoms with Gasteiger partial charge in [0.2, 0.25) is 0 Å². The van der Waals surface area contributed by atoms with Gasteiger partial charge in [-0.05, 0) is 19.4 Å². The predicted octanol–water partition coefficient (Wildman–Crippen LogP) is 2.29. The van der Waals surface area contributed by atoms with Gasteiger partial charge in [0, 0.05) is 19.2 Å². The van der Waals surface area contributed by atoms with Gasteiger partial charge in [0.05, 0.1) is 5.56 Å². The van der Waals surface area contributed by atoms with E-state index in [9.17, 15) is 22.4 Å². The number of nitriles is 1. The maximum atomic E-state index is 14.4. The fourth-order valence-corrected chi connectivity index (χ4v) is 2.56. The van der Waals surface area contributed by atoms with Crippen molar-refractivity contribution in [3.63, 3.8) is 0 Å². The van der Waals surface area contributed by atoms with E-state index in [1.165, 1.54) is 4.57 Å². The van der Waals surface area contributed by atoms with Crippen molar-refractivity contribution in [2.24, 2.45) is 0 Å². The van der Waals surface area contributed by atoms with Crippen LogP contribution < -0.4 is 10.4 Å². The molecule has 1 aromatic heterocycles. The average Bonchev–Trinajstić information content (AvgIpc) is 2.78. The van der Waals surface area contributed by atoms with Crippen LogP contribution in [0.4, 0.5) is 17.6 Å². The molecule has 11 heteroatoms. The van der Waals surface area contributed by atoms with E-state index in [0.29, 0.717) is 25.6 Å². The van der Waals surface area contributed by atoms with Crippen LogP contribution in [-0.2, 0) is 17.9 Å². The minimum atomic E-state index is -4.68. The normalized spacial score (nSPS) is 15.6. The van der Waals surface area contributed by atoms with Crippen molar-refractivity contribution in [3.05, 3.63) is 39.8 Å². The third-order valence-electron chi connectivity index (χ3n) is 4.00. The highest BCUT2D eigenvalue weighted by Crippen LogP contribution is 2.30. The number of ether oxygens (including phenoxy) is 2. The topological polar surface area (TPSA) is 82.1 Å². The number of nitrogens with zero attached hydrogens (tertiary/aromatic N) is 4. The first-order valence-electron chi connectivity index (χ1n) is 7.96. The van der Waals surface area contributed by atoms with Crippen LogP contribution in [0.15, 0.2) is 16.9 Å². The molecule has 0 N–H and O–H groups in total. The third kappa shape index (κ3) is 3.66. The summed E-state index contributed by atoms with van der Waals surface area (Å²) in [5.74, 6) is -1.22. The Morgan fingerprint density at radius 2 is 2.15 bits per heavy atom. The summed E-state index contributed by atoms with van der Waals surface area (Å²) in [4.78, 5) is 12.5. The van der Waals surface area contributed by atoms with Gasteiger partial charge in [0.1, 0.15) is 24.1 Å². The van der Waals surface area contributed by atoms with E-state index in [-0.39, 0.29) is 12.4 Å². The molecule has 1 aromatic carbocycles. The number of halogens is 4. The minimum Gasteiger partial charge on any atom is -0.480 e. The van der Waals surface area contributed by atoms with Crippen LogP contribution in [0, 0.1) is 17.1 Å². The lowest BCUT2D eigenvalue weighted by molar-refractivity contribution is -0.189. The van der Waals surface area contributed by atoms with Crippen molar-refractivity contribution in [1.29, 1.82) is 5.26 Å². The molecule has 2 heterocycles. The van der Waals surface area contributed by atoms with E-state index >= 15 is 0 Å². The molecule has 1 atom stereocenters. The van der Waals surface area contributed by atoms with Gasteiger partial charge < -0.3 is 9.47 Å². The van der Waals surface area contributed by atoms with Gasteiger partial charge in [-0.25, -0.2) is 9.18 Å². The Morgan fingerprint density at radius 3 is 2.81 bits per heavy atom. The van der Waals surface area contributed by atoms with Crippen LogP contribution in [-0.4, -0.2) is 33.2 Å². The Morgan fingerprint density at radius 1 is 1.41 bits per heavy atom. The zero-order chi connectivity index (χ0) is 19.8. The van der Waals surface area contributed by atoms with Crippen LogP contribution in [0.5, 0.6) is 5.75 Å². The molecule has 0 bridgehead atoms. The largest absolute Gasteiger partial charge is 0.480 e. The Hall–Kier alpha value is -2.87. The van der Waals surface area contributed by atoms with Gasteiger partial charge in [-0.3, -0.25) is 4.57 Å². The first-order chi connectivity index (χ1) is 12.7. The van der Waals surface area contributed by atoms with Gasteiger partial charge >= 0.3 is 11.9 Å². The van der Waals surface area contributed by atoms with Gasteiger partial charge in [-0.15, -0.1) is 5.10 Å². The summed E-state index contributed by atoms with van der Waals surface area (Å²) in [6.07, 6.45) is -6.35. The van der Waals surface area contributed by atoms with Crippen LogP contribution in [0.25, 0.3) is 5.69 Å². The summed E-state index contributed by atoms with van der Waals surface area (Å²) >= 11 is 0. The fraction of sp³-hybridized carbons (Fsp3) is 0.438. The zero-order valence-electron chi connectivity index (χ0n) is 14.1. The van der Waals surface area contributed by atoms with Gasteiger partial charge in [0.15, 0.2) is 17.7 Å². The van der Waals surface area contributed by atoms with Gasteiger partial charge in [0.25, 0.3) is 0 Å². The Kier molecular flexibility index (Phi) is 4.93. The quantitative estimate of drug-likeness (QED) is 0.756. The summed E-state index contributed by atoms with van der Waals surface area (Å²) in [7, 11) is 0. The molecule has 0 unspecified atom stereocenters. The fourth-order valence-electron chi connectivity index (χ4n) is 2.56. The molecule has 0 radical (unpaired) electrons. The molecule has 3 rings (SSSR count). The maximum absolute atomic E-state index is 14.4. The number of aromatic nitrogens is 3. The first kappa shape index (κ1) is 18.9. The maximum Gasteiger partial charge on any atom is 0.425 e. The van der Waals surface area contributed by atoms with Gasteiger partial charge in [-0.2, -0.15) is 23.1 Å². The summed E-state index contributed by atoms with van der Waals surface area (Å²) in [5.41, 5.74) is -1.50. The first-order valence-corrected chi connectivity index (χ1v) is 7.96. The van der Waals surface area contributed by atoms with E-state index in [2.05, 4.69) is 5.10 Å². The molecule has 0 aliphatic carbocycles. The van der Waals surface area contributed by atoms with E-state index in [0.717, 1.165) is 17.7 Å². The van der Waals surface area contributed by atoms with E-state index < -0.39 is 40.8 Å². The van der Waals surface area contributed by atoms with Crippen LogP contribution in [0.3, 0.4) is 0 Å². The highest BCUT2D eigenvalue weighted by molar-refractivity contribution is 5.51. The van der Waals surface area contributed by atoms with Crippen molar-refractivity contribution < 1.29 is 27.0 Å². The summed E-state index contributed by atoms with van der Waals surface area (Å²) < 4.78 is 64.8. The van der Waals surface area contributed by atoms with Crippen LogP contribution in [0.2, 0.25) is 0 Å².